The van der Waals surface area contributed by atoms with E-state index in [2.05, 4.69) is 6.92 Å². The van der Waals surface area contributed by atoms with E-state index in [4.69, 9.17) is 0 Å². The van der Waals surface area contributed by atoms with Crippen LogP contribution in [0.25, 0.3) is 0 Å². The van der Waals surface area contributed by atoms with Gasteiger partial charge in [0.25, 0.3) is 0 Å². The SMILES string of the molecule is CCCCCCCCC=O.c1ccsc1. The van der Waals surface area contributed by atoms with Crippen LogP contribution in [0.3, 0.4) is 0 Å². The number of hydrogen-bond donors (Lipinski definition) is 0. The monoisotopic (exact) mass is 226 g/mol. The van der Waals surface area contributed by atoms with E-state index in [1.54, 1.807) is 11.3 Å². The lowest BCUT2D eigenvalue weighted by Gasteiger charge is -1.95. The summed E-state index contributed by atoms with van der Waals surface area (Å²) in [5.41, 5.74) is 0. The van der Waals surface area contributed by atoms with Crippen molar-refractivity contribution >= 4 is 17.6 Å². The average molecular weight is 226 g/mol. The maximum atomic E-state index is 9.89. The number of hydrogen-bond acceptors (Lipinski definition) is 2. The lowest BCUT2D eigenvalue weighted by atomic mass is 10.1. The van der Waals surface area contributed by atoms with Gasteiger partial charge in [-0.1, -0.05) is 51.2 Å². The summed E-state index contributed by atoms with van der Waals surface area (Å²) in [5.74, 6) is 0. The third kappa shape index (κ3) is 13.4. The second kappa shape index (κ2) is 13.4. The lowest BCUT2D eigenvalue weighted by molar-refractivity contribution is -0.107. The van der Waals surface area contributed by atoms with Gasteiger partial charge in [0.05, 0.1) is 0 Å². The quantitative estimate of drug-likeness (QED) is 0.487. The normalized spacial score (nSPS) is 9.13. The molecular formula is C13H22OS. The number of carbonyl (C=O) groups is 1. The van der Waals surface area contributed by atoms with Gasteiger partial charge >= 0.3 is 0 Å². The van der Waals surface area contributed by atoms with Crippen LogP contribution in [0.1, 0.15) is 51.9 Å². The molecule has 0 unspecified atom stereocenters. The maximum absolute atomic E-state index is 9.89. The Balaban J connectivity index is 0.000000322. The predicted molar refractivity (Wildman–Crippen MR) is 68.4 cm³/mol. The molecule has 0 fully saturated rings. The summed E-state index contributed by atoms with van der Waals surface area (Å²) in [7, 11) is 0. The van der Waals surface area contributed by atoms with E-state index < -0.39 is 0 Å². The molecule has 1 aromatic heterocycles. The maximum Gasteiger partial charge on any atom is 0.119 e. The van der Waals surface area contributed by atoms with Gasteiger partial charge in [0.2, 0.25) is 0 Å². The number of aldehydes is 1. The number of carbonyl (C=O) groups excluding carboxylic acids is 1. The molecule has 0 aliphatic carbocycles. The van der Waals surface area contributed by atoms with Crippen LogP contribution in [0.2, 0.25) is 0 Å². The first-order chi connectivity index (χ1) is 7.41. The molecule has 1 aromatic rings. The summed E-state index contributed by atoms with van der Waals surface area (Å²) in [6.07, 6.45) is 9.39. The van der Waals surface area contributed by atoms with Crippen LogP contribution in [0, 0.1) is 0 Å². The highest BCUT2D eigenvalue weighted by molar-refractivity contribution is 7.07. The molecule has 0 aromatic carbocycles. The predicted octanol–water partition coefficient (Wildman–Crippen LogP) is 4.68. The first-order valence-corrected chi connectivity index (χ1v) is 6.77. The van der Waals surface area contributed by atoms with Gasteiger partial charge in [-0.15, -0.1) is 0 Å². The lowest BCUT2D eigenvalue weighted by Crippen LogP contribution is -1.79. The Morgan fingerprint density at radius 1 is 1.00 bits per heavy atom. The fourth-order valence-electron chi connectivity index (χ4n) is 1.23. The molecule has 0 aliphatic heterocycles. The largest absolute Gasteiger partial charge is 0.303 e. The fourth-order valence-corrected chi connectivity index (χ4v) is 1.69. The van der Waals surface area contributed by atoms with Crippen molar-refractivity contribution in [3.05, 3.63) is 22.9 Å². The molecule has 0 aliphatic rings. The first-order valence-electron chi connectivity index (χ1n) is 5.82. The van der Waals surface area contributed by atoms with Crippen molar-refractivity contribution < 1.29 is 4.79 Å². The van der Waals surface area contributed by atoms with Gasteiger partial charge in [0.15, 0.2) is 0 Å². The highest BCUT2D eigenvalue weighted by Gasteiger charge is 1.87. The van der Waals surface area contributed by atoms with Crippen molar-refractivity contribution in [2.24, 2.45) is 0 Å². The molecule has 0 spiro atoms. The second-order valence-corrected chi connectivity index (χ2v) is 4.33. The summed E-state index contributed by atoms with van der Waals surface area (Å²) >= 11 is 1.71. The molecule has 0 N–H and O–H groups in total. The molecule has 1 heterocycles. The summed E-state index contributed by atoms with van der Waals surface area (Å²) in [6, 6.07) is 4.04. The molecule has 1 rings (SSSR count). The Bertz CT molecular complexity index is 177. The van der Waals surface area contributed by atoms with E-state index in [-0.39, 0.29) is 0 Å². The number of unbranched alkanes of at least 4 members (excludes halogenated alkanes) is 6. The van der Waals surface area contributed by atoms with Crippen molar-refractivity contribution in [2.45, 2.75) is 51.9 Å². The minimum atomic E-state index is 0.756. The molecule has 0 amide bonds. The van der Waals surface area contributed by atoms with E-state index in [1.165, 1.54) is 32.1 Å². The van der Waals surface area contributed by atoms with E-state index in [0.717, 1.165) is 19.1 Å². The van der Waals surface area contributed by atoms with Gasteiger partial charge in [-0.05, 0) is 17.2 Å². The van der Waals surface area contributed by atoms with Crippen LogP contribution < -0.4 is 0 Å². The zero-order valence-electron chi connectivity index (χ0n) is 9.65. The topological polar surface area (TPSA) is 17.1 Å². The van der Waals surface area contributed by atoms with Crippen LogP contribution >= 0.6 is 11.3 Å². The Hall–Kier alpha value is -0.630. The van der Waals surface area contributed by atoms with Crippen molar-refractivity contribution in [1.29, 1.82) is 0 Å². The molecule has 15 heavy (non-hydrogen) atoms. The van der Waals surface area contributed by atoms with Crippen LogP contribution in [-0.2, 0) is 4.79 Å². The molecule has 0 saturated heterocycles. The van der Waals surface area contributed by atoms with Gasteiger partial charge in [-0.3, -0.25) is 0 Å². The summed E-state index contributed by atoms with van der Waals surface area (Å²) in [4.78, 5) is 9.89. The van der Waals surface area contributed by atoms with E-state index in [9.17, 15) is 4.79 Å². The van der Waals surface area contributed by atoms with Gasteiger partial charge < -0.3 is 4.79 Å². The Kier molecular flexibility index (Phi) is 12.8. The van der Waals surface area contributed by atoms with Crippen molar-refractivity contribution in [1.82, 2.24) is 0 Å². The summed E-state index contributed by atoms with van der Waals surface area (Å²) in [6.45, 7) is 2.21. The minimum Gasteiger partial charge on any atom is -0.303 e. The van der Waals surface area contributed by atoms with Crippen LogP contribution in [0.5, 0.6) is 0 Å². The van der Waals surface area contributed by atoms with Crippen molar-refractivity contribution in [2.75, 3.05) is 0 Å². The highest BCUT2D eigenvalue weighted by Crippen LogP contribution is 2.05. The van der Waals surface area contributed by atoms with Crippen molar-refractivity contribution in [3.63, 3.8) is 0 Å². The molecule has 0 radical (unpaired) electrons. The molecule has 0 atom stereocenters. The molecule has 1 nitrogen and oxygen atoms in total. The van der Waals surface area contributed by atoms with E-state index in [0.29, 0.717) is 0 Å². The minimum absolute atomic E-state index is 0.756. The van der Waals surface area contributed by atoms with Gasteiger partial charge in [0, 0.05) is 6.42 Å². The van der Waals surface area contributed by atoms with E-state index in [1.807, 2.05) is 22.9 Å². The molecular weight excluding hydrogens is 204 g/mol. The van der Waals surface area contributed by atoms with Crippen LogP contribution in [0.15, 0.2) is 22.9 Å². The standard InChI is InChI=1S/C9H18O.C4H4S/c1-2-3-4-5-6-7-8-9-10;1-2-4-5-3-1/h9H,2-8H2,1H3;1-4H. The Labute approximate surface area is 97.5 Å². The van der Waals surface area contributed by atoms with E-state index >= 15 is 0 Å². The van der Waals surface area contributed by atoms with Gasteiger partial charge in [-0.25, -0.2) is 0 Å². The smallest absolute Gasteiger partial charge is 0.119 e. The summed E-state index contributed by atoms with van der Waals surface area (Å²) < 4.78 is 0. The first kappa shape index (κ1) is 14.4. The third-order valence-corrected chi connectivity index (χ3v) is 2.73. The Morgan fingerprint density at radius 2 is 1.60 bits per heavy atom. The molecule has 86 valence electrons. The fraction of sp³-hybridized carbons (Fsp3) is 0.615. The second-order valence-electron chi connectivity index (χ2n) is 3.52. The number of thiophene rings is 1. The summed E-state index contributed by atoms with van der Waals surface area (Å²) in [5, 5.41) is 4.08. The Morgan fingerprint density at radius 3 is 2.07 bits per heavy atom. The molecule has 0 bridgehead atoms. The average Bonchev–Trinajstić information content (AvgIpc) is 2.82. The van der Waals surface area contributed by atoms with Gasteiger partial charge in [0.1, 0.15) is 6.29 Å². The molecule has 2 heteroatoms. The van der Waals surface area contributed by atoms with Crippen LogP contribution in [0.4, 0.5) is 0 Å². The zero-order chi connectivity index (χ0) is 11.2. The van der Waals surface area contributed by atoms with Gasteiger partial charge in [-0.2, -0.15) is 11.3 Å². The third-order valence-electron chi connectivity index (χ3n) is 2.10. The molecule has 0 saturated carbocycles. The van der Waals surface area contributed by atoms with Crippen LogP contribution in [-0.4, -0.2) is 6.29 Å². The zero-order valence-corrected chi connectivity index (χ0v) is 10.5. The van der Waals surface area contributed by atoms with Crippen molar-refractivity contribution in [3.8, 4) is 0 Å². The number of rotatable bonds is 7. The highest BCUT2D eigenvalue weighted by atomic mass is 32.1.